The first-order valence-corrected chi connectivity index (χ1v) is 7.06. The van der Waals surface area contributed by atoms with Crippen LogP contribution in [-0.2, 0) is 15.1 Å². The van der Waals surface area contributed by atoms with Crippen molar-refractivity contribution in [3.05, 3.63) is 22.8 Å². The normalized spacial score (nSPS) is 14.0. The van der Waals surface area contributed by atoms with Gasteiger partial charge in [0, 0.05) is 24.9 Å². The summed E-state index contributed by atoms with van der Waals surface area (Å²) < 4.78 is 10.4. The molecule has 0 aliphatic heterocycles. The van der Waals surface area contributed by atoms with Crippen LogP contribution in [0.1, 0.15) is 33.3 Å². The van der Waals surface area contributed by atoms with Crippen LogP contribution in [0.3, 0.4) is 0 Å². The van der Waals surface area contributed by atoms with E-state index in [2.05, 4.69) is 4.98 Å². The van der Waals surface area contributed by atoms with Crippen LogP contribution in [0.5, 0.6) is 5.88 Å². The number of likely N-dealkylation sites (N-methyl/N-ethyl adjacent to an activating group) is 1. The van der Waals surface area contributed by atoms with E-state index >= 15 is 0 Å². The number of carbonyl (C=O) groups excluding carboxylic acids is 2. The standard InChI is InChI=1S/C15H21ClN2O4/c1-14(2,3)22-13(20)18(5)15(4,9-19)10-7-12(21-6)17-8-11(10)16/h7-9H,1-6H3. The quantitative estimate of drug-likeness (QED) is 0.795. The molecule has 0 spiro atoms. The summed E-state index contributed by atoms with van der Waals surface area (Å²) in [4.78, 5) is 29.1. The van der Waals surface area contributed by atoms with Crippen molar-refractivity contribution in [2.45, 2.75) is 38.8 Å². The molecule has 1 rings (SSSR count). The first kappa shape index (κ1) is 18.2. The van der Waals surface area contributed by atoms with Gasteiger partial charge in [0.05, 0.1) is 12.1 Å². The molecule has 0 radical (unpaired) electrons. The Morgan fingerprint density at radius 1 is 1.36 bits per heavy atom. The molecule has 0 saturated carbocycles. The van der Waals surface area contributed by atoms with E-state index in [1.807, 2.05) is 0 Å². The molecule has 7 heteroatoms. The van der Waals surface area contributed by atoms with Crippen molar-refractivity contribution in [1.29, 1.82) is 0 Å². The number of halogens is 1. The van der Waals surface area contributed by atoms with Crippen LogP contribution in [0.15, 0.2) is 12.3 Å². The molecule has 1 atom stereocenters. The molecule has 22 heavy (non-hydrogen) atoms. The molecule has 1 aromatic rings. The number of carbonyl (C=O) groups is 2. The molecule has 0 aliphatic carbocycles. The molecule has 0 fully saturated rings. The van der Waals surface area contributed by atoms with Crippen LogP contribution < -0.4 is 4.74 Å². The topological polar surface area (TPSA) is 68.7 Å². The lowest BCUT2D eigenvalue weighted by Gasteiger charge is -2.36. The first-order chi connectivity index (χ1) is 10.0. The summed E-state index contributed by atoms with van der Waals surface area (Å²) >= 11 is 6.14. The van der Waals surface area contributed by atoms with Gasteiger partial charge in [0.25, 0.3) is 0 Å². The maximum absolute atomic E-state index is 12.3. The van der Waals surface area contributed by atoms with Gasteiger partial charge in [-0.2, -0.15) is 0 Å². The molecular weight excluding hydrogens is 308 g/mol. The highest BCUT2D eigenvalue weighted by Gasteiger charge is 2.38. The van der Waals surface area contributed by atoms with E-state index in [1.54, 1.807) is 27.7 Å². The van der Waals surface area contributed by atoms with Crippen molar-refractivity contribution < 1.29 is 19.1 Å². The molecule has 122 valence electrons. The number of amides is 1. The fraction of sp³-hybridized carbons (Fsp3) is 0.533. The van der Waals surface area contributed by atoms with Crippen LogP contribution in [0.4, 0.5) is 4.79 Å². The largest absolute Gasteiger partial charge is 0.481 e. The number of nitrogens with zero attached hydrogens (tertiary/aromatic N) is 2. The maximum atomic E-state index is 12.3. The van der Waals surface area contributed by atoms with E-state index in [9.17, 15) is 9.59 Å². The average molecular weight is 329 g/mol. The molecule has 0 aliphatic rings. The van der Waals surface area contributed by atoms with Gasteiger partial charge in [-0.1, -0.05) is 11.6 Å². The van der Waals surface area contributed by atoms with Crippen LogP contribution in [0, 0.1) is 0 Å². The van der Waals surface area contributed by atoms with Crippen LogP contribution in [0.2, 0.25) is 5.02 Å². The first-order valence-electron chi connectivity index (χ1n) is 6.68. The molecule has 0 N–H and O–H groups in total. The molecule has 0 bridgehead atoms. The van der Waals surface area contributed by atoms with E-state index in [-0.39, 0.29) is 5.02 Å². The average Bonchev–Trinajstić information content (AvgIpc) is 2.44. The number of hydrogen-bond acceptors (Lipinski definition) is 5. The second kappa shape index (κ2) is 6.52. The van der Waals surface area contributed by atoms with Gasteiger partial charge in [0.1, 0.15) is 17.4 Å². The number of aldehydes is 1. The third kappa shape index (κ3) is 3.88. The highest BCUT2D eigenvalue weighted by Crippen LogP contribution is 2.33. The molecule has 0 aromatic carbocycles. The number of rotatable bonds is 4. The Hall–Kier alpha value is -1.82. The Balaban J connectivity index is 3.26. The summed E-state index contributed by atoms with van der Waals surface area (Å²) in [6, 6.07) is 1.53. The SMILES string of the molecule is COc1cc(C(C)(C=O)N(C)C(=O)OC(C)(C)C)c(Cl)cn1. The van der Waals surface area contributed by atoms with Gasteiger partial charge in [-0.25, -0.2) is 9.78 Å². The van der Waals surface area contributed by atoms with Crippen LogP contribution in [0.25, 0.3) is 0 Å². The number of hydrogen-bond donors (Lipinski definition) is 0. The third-order valence-electron chi connectivity index (χ3n) is 3.18. The Morgan fingerprint density at radius 3 is 2.41 bits per heavy atom. The Kier molecular flexibility index (Phi) is 5.40. The van der Waals surface area contributed by atoms with Gasteiger partial charge < -0.3 is 14.3 Å². The zero-order valence-electron chi connectivity index (χ0n) is 13.6. The van der Waals surface area contributed by atoms with Crippen LogP contribution in [-0.4, -0.2) is 42.0 Å². The molecular formula is C15H21ClN2O4. The lowest BCUT2D eigenvalue weighted by molar-refractivity contribution is -0.117. The highest BCUT2D eigenvalue weighted by atomic mass is 35.5. The summed E-state index contributed by atoms with van der Waals surface area (Å²) in [5.74, 6) is 0.296. The fourth-order valence-corrected chi connectivity index (χ4v) is 2.06. The van der Waals surface area contributed by atoms with Crippen molar-refractivity contribution in [1.82, 2.24) is 9.88 Å². The molecule has 1 heterocycles. The van der Waals surface area contributed by atoms with Crippen LogP contribution >= 0.6 is 11.6 Å². The zero-order valence-corrected chi connectivity index (χ0v) is 14.4. The van der Waals surface area contributed by atoms with Crippen molar-refractivity contribution in [3.63, 3.8) is 0 Å². The van der Waals surface area contributed by atoms with Gasteiger partial charge in [-0.15, -0.1) is 0 Å². The van der Waals surface area contributed by atoms with E-state index in [0.717, 1.165) is 0 Å². The maximum Gasteiger partial charge on any atom is 0.411 e. The van der Waals surface area contributed by atoms with Crippen molar-refractivity contribution in [2.75, 3.05) is 14.2 Å². The summed E-state index contributed by atoms with van der Waals surface area (Å²) in [5.41, 5.74) is -1.57. The van der Waals surface area contributed by atoms with Gasteiger partial charge in [0.15, 0.2) is 0 Å². The lowest BCUT2D eigenvalue weighted by atomic mass is 9.93. The Bertz CT molecular complexity index is 571. The highest BCUT2D eigenvalue weighted by molar-refractivity contribution is 6.31. The summed E-state index contributed by atoms with van der Waals surface area (Å²) in [6.07, 6.45) is 1.38. The second-order valence-corrected chi connectivity index (χ2v) is 6.42. The van der Waals surface area contributed by atoms with E-state index in [0.29, 0.717) is 17.7 Å². The second-order valence-electron chi connectivity index (χ2n) is 6.01. The van der Waals surface area contributed by atoms with E-state index in [4.69, 9.17) is 21.1 Å². The molecule has 1 aromatic heterocycles. The predicted molar refractivity (Wildman–Crippen MR) is 83.2 cm³/mol. The van der Waals surface area contributed by atoms with Gasteiger partial charge >= 0.3 is 6.09 Å². The lowest BCUT2D eigenvalue weighted by Crippen LogP contribution is -2.48. The predicted octanol–water partition coefficient (Wildman–Crippen LogP) is 3.02. The van der Waals surface area contributed by atoms with Crippen molar-refractivity contribution in [3.8, 4) is 5.88 Å². The Labute approximate surface area is 135 Å². The van der Waals surface area contributed by atoms with Gasteiger partial charge in [0.2, 0.25) is 5.88 Å². The zero-order chi connectivity index (χ0) is 17.1. The molecule has 0 saturated heterocycles. The van der Waals surface area contributed by atoms with Crippen molar-refractivity contribution in [2.24, 2.45) is 0 Å². The summed E-state index contributed by atoms with van der Waals surface area (Å²) in [7, 11) is 2.93. The summed E-state index contributed by atoms with van der Waals surface area (Å²) in [5, 5.41) is 0.255. The fourth-order valence-electron chi connectivity index (χ4n) is 1.76. The minimum Gasteiger partial charge on any atom is -0.481 e. The van der Waals surface area contributed by atoms with E-state index < -0.39 is 17.2 Å². The number of ether oxygens (including phenoxy) is 2. The minimum absolute atomic E-state index is 0.255. The Morgan fingerprint density at radius 2 is 1.95 bits per heavy atom. The molecule has 1 unspecified atom stereocenters. The van der Waals surface area contributed by atoms with Gasteiger partial charge in [-0.3, -0.25) is 4.90 Å². The minimum atomic E-state index is -1.31. The number of aromatic nitrogens is 1. The number of pyridine rings is 1. The molecule has 1 amide bonds. The van der Waals surface area contributed by atoms with E-state index in [1.165, 1.54) is 31.3 Å². The van der Waals surface area contributed by atoms with Crippen molar-refractivity contribution >= 4 is 24.0 Å². The molecule has 6 nitrogen and oxygen atoms in total. The third-order valence-corrected chi connectivity index (χ3v) is 3.48. The summed E-state index contributed by atoms with van der Waals surface area (Å²) in [6.45, 7) is 6.82. The smallest absolute Gasteiger partial charge is 0.411 e. The monoisotopic (exact) mass is 328 g/mol. The number of methoxy groups -OCH3 is 1. The van der Waals surface area contributed by atoms with Gasteiger partial charge in [-0.05, 0) is 27.7 Å².